The van der Waals surface area contributed by atoms with Crippen LogP contribution in [0.25, 0.3) is 0 Å². The van der Waals surface area contributed by atoms with Crippen LogP contribution in [-0.2, 0) is 4.79 Å². The summed E-state index contributed by atoms with van der Waals surface area (Å²) < 4.78 is 1.04. The molecule has 0 atom stereocenters. The van der Waals surface area contributed by atoms with E-state index in [9.17, 15) is 4.79 Å². The first kappa shape index (κ1) is 12.3. The zero-order valence-corrected chi connectivity index (χ0v) is 11.5. The first-order valence-corrected chi connectivity index (χ1v) is 6.73. The van der Waals surface area contributed by atoms with Gasteiger partial charge in [0.05, 0.1) is 12.0 Å². The topological polar surface area (TPSA) is 53.8 Å². The van der Waals surface area contributed by atoms with Crippen molar-refractivity contribution in [3.8, 4) is 0 Å². The van der Waals surface area contributed by atoms with Crippen LogP contribution < -0.4 is 5.32 Å². The van der Waals surface area contributed by atoms with Crippen molar-refractivity contribution >= 4 is 45.0 Å². The van der Waals surface area contributed by atoms with Gasteiger partial charge in [0.2, 0.25) is 5.91 Å². The van der Waals surface area contributed by atoms with E-state index in [1.165, 1.54) is 11.8 Å². The van der Waals surface area contributed by atoms with Gasteiger partial charge in [-0.25, -0.2) is 0 Å². The summed E-state index contributed by atoms with van der Waals surface area (Å²) in [5.41, 5.74) is 2.12. The lowest BCUT2D eigenvalue weighted by Gasteiger charge is -1.98. The van der Waals surface area contributed by atoms with E-state index in [0.29, 0.717) is 10.9 Å². The number of halogens is 1. The third kappa shape index (κ3) is 3.41. The lowest BCUT2D eigenvalue weighted by Crippen LogP contribution is -2.19. The molecule has 17 heavy (non-hydrogen) atoms. The van der Waals surface area contributed by atoms with Gasteiger partial charge in [0.1, 0.15) is 0 Å². The van der Waals surface area contributed by atoms with E-state index in [1.807, 2.05) is 25.1 Å². The highest BCUT2D eigenvalue weighted by Gasteiger charge is 2.15. The van der Waals surface area contributed by atoms with Gasteiger partial charge in [-0.3, -0.25) is 4.79 Å². The van der Waals surface area contributed by atoms with Crippen LogP contribution in [0.4, 0.5) is 0 Å². The number of hydrogen-bond acceptors (Lipinski definition) is 4. The van der Waals surface area contributed by atoms with Crippen molar-refractivity contribution in [2.45, 2.75) is 6.92 Å². The molecule has 6 heteroatoms. The molecular weight excluding hydrogens is 302 g/mol. The Morgan fingerprint density at radius 1 is 1.53 bits per heavy atom. The average molecular weight is 312 g/mol. The molecule has 0 radical (unpaired) electrons. The number of carbonyl (C=O) groups excluding carboxylic acids is 1. The molecule has 0 bridgehead atoms. The van der Waals surface area contributed by atoms with E-state index in [2.05, 4.69) is 31.4 Å². The molecule has 88 valence electrons. The van der Waals surface area contributed by atoms with Gasteiger partial charge in [-0.2, -0.15) is 5.10 Å². The number of amides is 1. The first-order valence-electron chi connectivity index (χ1n) is 4.95. The van der Waals surface area contributed by atoms with E-state index in [0.717, 1.165) is 15.6 Å². The van der Waals surface area contributed by atoms with Crippen molar-refractivity contribution in [3.63, 3.8) is 0 Å². The monoisotopic (exact) mass is 311 g/mol. The Kier molecular flexibility index (Phi) is 3.96. The third-order valence-corrected chi connectivity index (χ3v) is 3.52. The maximum absolute atomic E-state index is 10.9. The van der Waals surface area contributed by atoms with Gasteiger partial charge in [-0.05, 0) is 30.2 Å². The molecule has 2 rings (SSSR count). The molecule has 0 unspecified atom stereocenters. The highest BCUT2D eigenvalue weighted by molar-refractivity contribution is 9.10. The molecular formula is C11H10BrN3OS. The minimum Gasteiger partial charge on any atom is -0.303 e. The maximum Gasteiger partial charge on any atom is 0.236 e. The van der Waals surface area contributed by atoms with Crippen LogP contribution in [0, 0.1) is 6.92 Å². The molecule has 1 aromatic carbocycles. The van der Waals surface area contributed by atoms with Gasteiger partial charge in [0.25, 0.3) is 0 Å². The fraction of sp³-hybridized carbons (Fsp3) is 0.182. The normalized spacial score (nSPS) is 18.0. The van der Waals surface area contributed by atoms with Gasteiger partial charge in [0, 0.05) is 4.47 Å². The van der Waals surface area contributed by atoms with Gasteiger partial charge >= 0.3 is 0 Å². The van der Waals surface area contributed by atoms with Crippen LogP contribution in [0.15, 0.2) is 32.9 Å². The van der Waals surface area contributed by atoms with E-state index in [1.54, 1.807) is 6.21 Å². The summed E-state index contributed by atoms with van der Waals surface area (Å²) in [5.74, 6) is 0.398. The molecule has 1 fully saturated rings. The molecule has 4 nitrogen and oxygen atoms in total. The molecule has 0 aliphatic carbocycles. The van der Waals surface area contributed by atoms with Crippen molar-refractivity contribution in [2.24, 2.45) is 10.2 Å². The van der Waals surface area contributed by atoms with E-state index in [-0.39, 0.29) is 5.91 Å². The second-order valence-electron chi connectivity index (χ2n) is 3.49. The van der Waals surface area contributed by atoms with Crippen LogP contribution in [0.3, 0.4) is 0 Å². The second kappa shape index (κ2) is 5.46. The summed E-state index contributed by atoms with van der Waals surface area (Å²) in [6.45, 7) is 2.01. The molecule has 1 heterocycles. The molecule has 0 spiro atoms. The van der Waals surface area contributed by atoms with Crippen molar-refractivity contribution in [1.29, 1.82) is 0 Å². The number of hydrogen-bond donors (Lipinski definition) is 1. The Morgan fingerprint density at radius 2 is 2.35 bits per heavy atom. The number of thioether (sulfide) groups is 1. The van der Waals surface area contributed by atoms with Crippen LogP contribution >= 0.6 is 27.7 Å². The van der Waals surface area contributed by atoms with Crippen molar-refractivity contribution in [3.05, 3.63) is 33.8 Å². The standard InChI is InChI=1S/C11H10BrN3OS/c1-7-4-9(12)3-2-8(7)5-13-15-11-14-10(16)6-17-11/h2-5H,6H2,1H3,(H,14,15,16). The molecule has 1 amide bonds. The highest BCUT2D eigenvalue weighted by atomic mass is 79.9. The molecule has 0 saturated carbocycles. The number of benzene rings is 1. The van der Waals surface area contributed by atoms with E-state index >= 15 is 0 Å². The Labute approximate surface area is 112 Å². The predicted octanol–water partition coefficient (Wildman–Crippen LogP) is 2.31. The number of rotatable bonds is 2. The predicted molar refractivity (Wildman–Crippen MR) is 74.5 cm³/mol. The Balaban J connectivity index is 2.08. The van der Waals surface area contributed by atoms with Crippen LogP contribution in [0.1, 0.15) is 11.1 Å². The summed E-state index contributed by atoms with van der Waals surface area (Å²) in [5, 5.41) is 11.1. The lowest BCUT2D eigenvalue weighted by atomic mass is 10.1. The van der Waals surface area contributed by atoms with Gasteiger partial charge in [-0.15, -0.1) is 5.10 Å². The molecule has 1 N–H and O–H groups in total. The van der Waals surface area contributed by atoms with Gasteiger partial charge in [-0.1, -0.05) is 33.8 Å². The average Bonchev–Trinajstić information content (AvgIpc) is 2.68. The number of carbonyl (C=O) groups is 1. The Bertz CT molecular complexity index is 513. The second-order valence-corrected chi connectivity index (χ2v) is 5.37. The number of nitrogens with one attached hydrogen (secondary N) is 1. The number of nitrogens with zero attached hydrogens (tertiary/aromatic N) is 2. The lowest BCUT2D eigenvalue weighted by molar-refractivity contribution is -0.116. The maximum atomic E-state index is 10.9. The smallest absolute Gasteiger partial charge is 0.236 e. The Morgan fingerprint density at radius 3 is 3.00 bits per heavy atom. The van der Waals surface area contributed by atoms with Crippen molar-refractivity contribution < 1.29 is 4.79 Å². The summed E-state index contributed by atoms with van der Waals surface area (Å²) >= 11 is 4.76. The molecule has 1 saturated heterocycles. The fourth-order valence-corrected chi connectivity index (χ4v) is 2.41. The summed E-state index contributed by atoms with van der Waals surface area (Å²) in [6.07, 6.45) is 1.68. The quantitative estimate of drug-likeness (QED) is 0.673. The molecule has 1 aliphatic heterocycles. The van der Waals surface area contributed by atoms with Crippen molar-refractivity contribution in [1.82, 2.24) is 5.32 Å². The summed E-state index contributed by atoms with van der Waals surface area (Å²) in [4.78, 5) is 10.9. The molecule has 1 aromatic rings. The van der Waals surface area contributed by atoms with Crippen LogP contribution in [0.2, 0.25) is 0 Å². The third-order valence-electron chi connectivity index (χ3n) is 2.16. The fourth-order valence-electron chi connectivity index (χ4n) is 1.31. The number of amidine groups is 1. The summed E-state index contributed by atoms with van der Waals surface area (Å²) in [6, 6.07) is 5.93. The van der Waals surface area contributed by atoms with Crippen LogP contribution in [0.5, 0.6) is 0 Å². The highest BCUT2D eigenvalue weighted by Crippen LogP contribution is 2.14. The molecule has 1 aliphatic rings. The zero-order valence-electron chi connectivity index (χ0n) is 9.11. The zero-order chi connectivity index (χ0) is 12.3. The largest absolute Gasteiger partial charge is 0.303 e. The van der Waals surface area contributed by atoms with Crippen LogP contribution in [-0.4, -0.2) is 23.0 Å². The molecule has 0 aromatic heterocycles. The minimum atomic E-state index is -0.0243. The van der Waals surface area contributed by atoms with Crippen molar-refractivity contribution in [2.75, 3.05) is 5.75 Å². The first-order chi connectivity index (χ1) is 8.15. The number of aryl methyl sites for hydroxylation is 1. The summed E-state index contributed by atoms with van der Waals surface area (Å²) in [7, 11) is 0. The Hall–Kier alpha value is -1.14. The SMILES string of the molecule is Cc1cc(Br)ccc1C=NN=C1NC(=O)CS1. The minimum absolute atomic E-state index is 0.0243. The van der Waals surface area contributed by atoms with Gasteiger partial charge in [0.15, 0.2) is 5.17 Å². The van der Waals surface area contributed by atoms with Gasteiger partial charge < -0.3 is 5.32 Å². The van der Waals surface area contributed by atoms with E-state index in [4.69, 9.17) is 0 Å². The van der Waals surface area contributed by atoms with E-state index < -0.39 is 0 Å².